The van der Waals surface area contributed by atoms with Gasteiger partial charge in [-0.15, -0.1) is 13.2 Å². The fourth-order valence-electron chi connectivity index (χ4n) is 4.30. The number of amides is 1. The van der Waals surface area contributed by atoms with Crippen LogP contribution in [0.3, 0.4) is 0 Å². The molecule has 2 aromatic heterocycles. The van der Waals surface area contributed by atoms with Crippen molar-refractivity contribution in [2.45, 2.75) is 19.2 Å². The smallest absolute Gasteiger partial charge is 0.406 e. The van der Waals surface area contributed by atoms with E-state index in [1.165, 1.54) is 24.5 Å². The van der Waals surface area contributed by atoms with E-state index in [-0.39, 0.29) is 18.1 Å². The molecule has 1 aliphatic heterocycles. The highest BCUT2D eigenvalue weighted by molar-refractivity contribution is 5.98. The highest BCUT2D eigenvalue weighted by atomic mass is 19.4. The standard InChI is InChI=1S/C24H19F3N4O2/c1-30-13-20(19-12-28-14-29-23(19)30)16-5-6-21-17(11-16)7-8-31(21)22(32)10-15-3-2-4-18(9-15)33-24(25,26)27/h2-6,9,11-14H,7-8,10H2,1H3. The van der Waals surface area contributed by atoms with Crippen LogP contribution in [0, 0.1) is 0 Å². The van der Waals surface area contributed by atoms with Gasteiger partial charge in [0.2, 0.25) is 5.91 Å². The number of fused-ring (bicyclic) bond motifs is 2. The maximum atomic E-state index is 13.0. The quantitative estimate of drug-likeness (QED) is 0.452. The first kappa shape index (κ1) is 21.0. The Kier molecular flexibility index (Phi) is 5.03. The van der Waals surface area contributed by atoms with Crippen molar-refractivity contribution in [3.8, 4) is 16.9 Å². The molecule has 6 nitrogen and oxygen atoms in total. The van der Waals surface area contributed by atoms with Crippen LogP contribution in [0.2, 0.25) is 0 Å². The van der Waals surface area contributed by atoms with Crippen LogP contribution in [0.4, 0.5) is 18.9 Å². The zero-order valence-corrected chi connectivity index (χ0v) is 17.6. The Hall–Kier alpha value is -3.88. The number of hydrogen-bond donors (Lipinski definition) is 0. The summed E-state index contributed by atoms with van der Waals surface area (Å²) in [5.41, 5.74) is 5.20. The van der Waals surface area contributed by atoms with Gasteiger partial charge in [0.15, 0.2) is 0 Å². The van der Waals surface area contributed by atoms with Crippen LogP contribution < -0.4 is 9.64 Å². The monoisotopic (exact) mass is 452 g/mol. The molecular weight excluding hydrogens is 433 g/mol. The van der Waals surface area contributed by atoms with E-state index in [4.69, 9.17) is 0 Å². The predicted octanol–water partition coefficient (Wildman–Crippen LogP) is 4.67. The van der Waals surface area contributed by atoms with Crippen molar-refractivity contribution in [1.82, 2.24) is 14.5 Å². The molecule has 1 amide bonds. The number of ether oxygens (including phenoxy) is 1. The lowest BCUT2D eigenvalue weighted by Crippen LogP contribution is -2.30. The van der Waals surface area contributed by atoms with Crippen molar-refractivity contribution >= 4 is 22.6 Å². The summed E-state index contributed by atoms with van der Waals surface area (Å²) < 4.78 is 43.4. The maximum absolute atomic E-state index is 13.0. The second kappa shape index (κ2) is 7.91. The van der Waals surface area contributed by atoms with Gasteiger partial charge in [-0.1, -0.05) is 18.2 Å². The van der Waals surface area contributed by atoms with Crippen LogP contribution in [0.5, 0.6) is 5.75 Å². The third-order valence-electron chi connectivity index (χ3n) is 5.71. The summed E-state index contributed by atoms with van der Waals surface area (Å²) in [5, 5.41) is 0.951. The number of benzene rings is 2. The number of alkyl halides is 3. The van der Waals surface area contributed by atoms with E-state index in [2.05, 4.69) is 20.8 Å². The zero-order valence-electron chi connectivity index (χ0n) is 17.6. The predicted molar refractivity (Wildman–Crippen MR) is 117 cm³/mol. The SMILES string of the molecule is Cn1cc(-c2ccc3c(c2)CCN3C(=O)Cc2cccc(OC(F)(F)F)c2)c2cncnc21. The van der Waals surface area contributed by atoms with E-state index in [9.17, 15) is 18.0 Å². The molecule has 2 aromatic carbocycles. The van der Waals surface area contributed by atoms with Crippen molar-refractivity contribution in [1.29, 1.82) is 0 Å². The Bertz CT molecular complexity index is 1360. The molecule has 0 aliphatic carbocycles. The number of nitrogens with zero attached hydrogens (tertiary/aromatic N) is 4. The molecule has 0 spiro atoms. The van der Waals surface area contributed by atoms with Crippen LogP contribution in [0.15, 0.2) is 61.2 Å². The lowest BCUT2D eigenvalue weighted by molar-refractivity contribution is -0.274. The second-order valence-electron chi connectivity index (χ2n) is 7.92. The Balaban J connectivity index is 1.37. The summed E-state index contributed by atoms with van der Waals surface area (Å²) in [5.74, 6) is -0.512. The third kappa shape index (κ3) is 4.13. The number of carbonyl (C=O) groups is 1. The fraction of sp³-hybridized carbons (Fsp3) is 0.208. The number of hydrogen-bond acceptors (Lipinski definition) is 4. The maximum Gasteiger partial charge on any atom is 0.573 e. The van der Waals surface area contributed by atoms with E-state index in [1.54, 1.807) is 17.2 Å². The lowest BCUT2D eigenvalue weighted by atomic mass is 10.0. The molecule has 0 unspecified atom stereocenters. The molecule has 0 bridgehead atoms. The minimum Gasteiger partial charge on any atom is -0.406 e. The molecule has 0 saturated heterocycles. The zero-order chi connectivity index (χ0) is 23.2. The van der Waals surface area contributed by atoms with Crippen molar-refractivity contribution in [3.05, 3.63) is 72.3 Å². The first-order valence-electron chi connectivity index (χ1n) is 10.3. The fourth-order valence-corrected chi connectivity index (χ4v) is 4.30. The summed E-state index contributed by atoms with van der Waals surface area (Å²) in [4.78, 5) is 23.1. The molecule has 3 heterocycles. The van der Waals surface area contributed by atoms with Gasteiger partial charge < -0.3 is 14.2 Å². The lowest BCUT2D eigenvalue weighted by Gasteiger charge is -2.18. The molecule has 0 fully saturated rings. The molecule has 0 saturated carbocycles. The summed E-state index contributed by atoms with van der Waals surface area (Å²) >= 11 is 0. The molecule has 33 heavy (non-hydrogen) atoms. The Morgan fingerprint density at radius 1 is 1.18 bits per heavy atom. The van der Waals surface area contributed by atoms with Gasteiger partial charge in [-0.3, -0.25) is 4.79 Å². The first-order chi connectivity index (χ1) is 15.8. The van der Waals surface area contributed by atoms with Crippen LogP contribution in [0.1, 0.15) is 11.1 Å². The van der Waals surface area contributed by atoms with Gasteiger partial charge in [0, 0.05) is 42.6 Å². The number of carbonyl (C=O) groups excluding carboxylic acids is 1. The molecule has 1 aliphatic rings. The van der Waals surface area contributed by atoms with Gasteiger partial charge in [0.1, 0.15) is 17.7 Å². The van der Waals surface area contributed by atoms with E-state index in [0.29, 0.717) is 18.5 Å². The minimum absolute atomic E-state index is 0.0170. The molecule has 4 aromatic rings. The number of anilines is 1. The highest BCUT2D eigenvalue weighted by Crippen LogP contribution is 2.35. The molecule has 5 rings (SSSR count). The summed E-state index contributed by atoms with van der Waals surface area (Å²) in [6.07, 6.45) is 1.23. The van der Waals surface area contributed by atoms with Gasteiger partial charge in [-0.05, 0) is 47.4 Å². The summed E-state index contributed by atoms with van der Waals surface area (Å²) in [6.45, 7) is 0.523. The van der Waals surface area contributed by atoms with Crippen LogP contribution >= 0.6 is 0 Å². The van der Waals surface area contributed by atoms with Crippen molar-refractivity contribution in [2.75, 3.05) is 11.4 Å². The van der Waals surface area contributed by atoms with Crippen LogP contribution in [-0.4, -0.2) is 33.3 Å². The number of aromatic nitrogens is 3. The normalized spacial score (nSPS) is 13.4. The van der Waals surface area contributed by atoms with Crippen LogP contribution in [0.25, 0.3) is 22.2 Å². The van der Waals surface area contributed by atoms with E-state index in [0.717, 1.165) is 33.4 Å². The van der Waals surface area contributed by atoms with Crippen molar-refractivity contribution in [3.63, 3.8) is 0 Å². The van der Waals surface area contributed by atoms with Gasteiger partial charge in [-0.2, -0.15) is 0 Å². The van der Waals surface area contributed by atoms with Gasteiger partial charge in [0.25, 0.3) is 0 Å². The molecule has 0 atom stereocenters. The minimum atomic E-state index is -4.77. The van der Waals surface area contributed by atoms with E-state index < -0.39 is 6.36 Å². The molecule has 0 radical (unpaired) electrons. The van der Waals surface area contributed by atoms with E-state index >= 15 is 0 Å². The summed E-state index contributed by atoms with van der Waals surface area (Å²) in [6, 6.07) is 11.5. The van der Waals surface area contributed by atoms with Gasteiger partial charge in [0.05, 0.1) is 6.42 Å². The average Bonchev–Trinajstić information content (AvgIpc) is 3.34. The Labute approximate surface area is 187 Å². The number of aryl methyl sites for hydroxylation is 1. The average molecular weight is 452 g/mol. The van der Waals surface area contributed by atoms with Crippen molar-refractivity contribution in [2.24, 2.45) is 7.05 Å². The van der Waals surface area contributed by atoms with Gasteiger partial charge >= 0.3 is 6.36 Å². The van der Waals surface area contributed by atoms with Crippen molar-refractivity contribution < 1.29 is 22.7 Å². The van der Waals surface area contributed by atoms with E-state index in [1.807, 2.05) is 29.9 Å². The first-order valence-corrected chi connectivity index (χ1v) is 10.3. The topological polar surface area (TPSA) is 60.2 Å². The Morgan fingerprint density at radius 2 is 2.03 bits per heavy atom. The molecule has 0 N–H and O–H groups in total. The largest absolute Gasteiger partial charge is 0.573 e. The molecular formula is C24H19F3N4O2. The van der Waals surface area contributed by atoms with Crippen LogP contribution in [-0.2, 0) is 24.7 Å². The third-order valence-corrected chi connectivity index (χ3v) is 5.71. The van der Waals surface area contributed by atoms with Gasteiger partial charge in [-0.25, -0.2) is 9.97 Å². The summed E-state index contributed by atoms with van der Waals surface area (Å²) in [7, 11) is 1.93. The highest BCUT2D eigenvalue weighted by Gasteiger charge is 2.31. The number of halogens is 3. The number of rotatable bonds is 4. The molecule has 168 valence electrons. The Morgan fingerprint density at radius 3 is 2.85 bits per heavy atom. The molecule has 9 heteroatoms. The second-order valence-corrected chi connectivity index (χ2v) is 7.92.